The predicted octanol–water partition coefficient (Wildman–Crippen LogP) is 2.69. The molecule has 6 nitrogen and oxygen atoms in total. The van der Waals surface area contributed by atoms with Crippen molar-refractivity contribution in [3.8, 4) is 0 Å². The third kappa shape index (κ3) is 2.80. The summed E-state index contributed by atoms with van der Waals surface area (Å²) in [4.78, 5) is 0. The third-order valence-corrected chi connectivity index (χ3v) is 4.23. The minimum Gasteiger partial charge on any atom is -0.481 e. The van der Waals surface area contributed by atoms with Crippen LogP contribution in [-0.4, -0.2) is 42.6 Å². The monoisotopic (exact) mass is 322 g/mol. The SMILES string of the molecule is CC1(C)O[C@H]2[C@@H]([C@H]3COC(C)(C)O3)OC(c3ccco3)=C[C@H]2O1. The Labute approximate surface area is 135 Å². The zero-order valence-corrected chi connectivity index (χ0v) is 13.8. The quantitative estimate of drug-likeness (QED) is 0.834. The van der Waals surface area contributed by atoms with Crippen LogP contribution in [-0.2, 0) is 23.7 Å². The van der Waals surface area contributed by atoms with E-state index in [0.717, 1.165) is 0 Å². The van der Waals surface area contributed by atoms with Crippen LogP contribution in [0.25, 0.3) is 5.76 Å². The van der Waals surface area contributed by atoms with Gasteiger partial charge in [-0.05, 0) is 45.9 Å². The summed E-state index contributed by atoms with van der Waals surface area (Å²) in [7, 11) is 0. The van der Waals surface area contributed by atoms with E-state index in [2.05, 4.69) is 0 Å². The Morgan fingerprint density at radius 3 is 2.48 bits per heavy atom. The van der Waals surface area contributed by atoms with Crippen LogP contribution in [0, 0.1) is 0 Å². The van der Waals surface area contributed by atoms with Crippen molar-refractivity contribution >= 4 is 5.76 Å². The number of fused-ring (bicyclic) bond motifs is 1. The second-order valence-corrected chi connectivity index (χ2v) is 7.02. The van der Waals surface area contributed by atoms with Gasteiger partial charge >= 0.3 is 0 Å². The maximum Gasteiger partial charge on any atom is 0.168 e. The smallest absolute Gasteiger partial charge is 0.168 e. The molecule has 0 radical (unpaired) electrons. The summed E-state index contributed by atoms with van der Waals surface area (Å²) in [6, 6.07) is 3.69. The molecule has 0 N–H and O–H groups in total. The molecule has 126 valence electrons. The van der Waals surface area contributed by atoms with Gasteiger partial charge in [0.15, 0.2) is 29.2 Å². The van der Waals surface area contributed by atoms with Crippen LogP contribution in [0.2, 0.25) is 0 Å². The zero-order valence-electron chi connectivity index (χ0n) is 13.8. The molecule has 0 aromatic carbocycles. The van der Waals surface area contributed by atoms with E-state index in [0.29, 0.717) is 18.1 Å². The lowest BCUT2D eigenvalue weighted by Crippen LogP contribution is -2.48. The summed E-state index contributed by atoms with van der Waals surface area (Å²) in [6.07, 6.45) is 2.52. The highest BCUT2D eigenvalue weighted by molar-refractivity contribution is 5.57. The summed E-state index contributed by atoms with van der Waals surface area (Å²) >= 11 is 0. The first-order chi connectivity index (χ1) is 10.8. The van der Waals surface area contributed by atoms with E-state index < -0.39 is 11.6 Å². The highest BCUT2D eigenvalue weighted by Gasteiger charge is 2.53. The molecule has 1 aromatic rings. The number of ether oxygens (including phenoxy) is 5. The maximum atomic E-state index is 6.17. The molecule has 0 saturated carbocycles. The highest BCUT2D eigenvalue weighted by atomic mass is 16.8. The van der Waals surface area contributed by atoms with Crippen molar-refractivity contribution in [1.82, 2.24) is 0 Å². The van der Waals surface area contributed by atoms with E-state index in [4.69, 9.17) is 28.1 Å². The average Bonchev–Trinajstić information content (AvgIpc) is 3.14. The molecule has 0 aliphatic carbocycles. The molecule has 6 heteroatoms. The van der Waals surface area contributed by atoms with Gasteiger partial charge in [-0.3, -0.25) is 0 Å². The zero-order chi connectivity index (χ0) is 16.2. The van der Waals surface area contributed by atoms with Crippen LogP contribution in [0.15, 0.2) is 28.9 Å². The number of hydrogen-bond acceptors (Lipinski definition) is 6. The first kappa shape index (κ1) is 15.2. The molecular formula is C17H22O6. The second-order valence-electron chi connectivity index (χ2n) is 7.02. The van der Waals surface area contributed by atoms with Crippen LogP contribution in [0.3, 0.4) is 0 Å². The summed E-state index contributed by atoms with van der Waals surface area (Å²) in [6.45, 7) is 8.05. The molecule has 3 aliphatic heterocycles. The van der Waals surface area contributed by atoms with Crippen molar-refractivity contribution < 1.29 is 28.1 Å². The lowest BCUT2D eigenvalue weighted by molar-refractivity contribution is -0.177. The average molecular weight is 322 g/mol. The normalized spacial score (nSPS) is 38.0. The van der Waals surface area contributed by atoms with Crippen LogP contribution < -0.4 is 0 Å². The number of hydrogen-bond donors (Lipinski definition) is 0. The Balaban J connectivity index is 1.64. The molecular weight excluding hydrogens is 300 g/mol. The molecule has 23 heavy (non-hydrogen) atoms. The van der Waals surface area contributed by atoms with E-state index in [1.54, 1.807) is 6.26 Å². The second kappa shape index (κ2) is 5.08. The van der Waals surface area contributed by atoms with Gasteiger partial charge in [-0.2, -0.15) is 0 Å². The Morgan fingerprint density at radius 1 is 1.00 bits per heavy atom. The van der Waals surface area contributed by atoms with Gasteiger partial charge in [0.2, 0.25) is 0 Å². The summed E-state index contributed by atoms with van der Waals surface area (Å²) in [5.41, 5.74) is 0. The van der Waals surface area contributed by atoms with Gasteiger partial charge < -0.3 is 28.1 Å². The van der Waals surface area contributed by atoms with Crippen LogP contribution >= 0.6 is 0 Å². The topological polar surface area (TPSA) is 59.3 Å². The van der Waals surface area contributed by atoms with Crippen LogP contribution in [0.4, 0.5) is 0 Å². The first-order valence-corrected chi connectivity index (χ1v) is 7.93. The molecule has 2 saturated heterocycles. The van der Waals surface area contributed by atoms with Crippen LogP contribution in [0.5, 0.6) is 0 Å². The Kier molecular flexibility index (Phi) is 3.36. The summed E-state index contributed by atoms with van der Waals surface area (Å²) in [5.74, 6) is 0.0294. The van der Waals surface area contributed by atoms with Crippen molar-refractivity contribution in [2.45, 2.75) is 63.7 Å². The van der Waals surface area contributed by atoms with Gasteiger partial charge in [0, 0.05) is 0 Å². The van der Waals surface area contributed by atoms with Crippen molar-refractivity contribution in [3.63, 3.8) is 0 Å². The molecule has 4 heterocycles. The molecule has 0 bridgehead atoms. The molecule has 0 spiro atoms. The molecule has 0 unspecified atom stereocenters. The van der Waals surface area contributed by atoms with Gasteiger partial charge in [0.1, 0.15) is 18.3 Å². The van der Waals surface area contributed by atoms with Crippen molar-refractivity contribution in [1.29, 1.82) is 0 Å². The van der Waals surface area contributed by atoms with E-state index in [1.165, 1.54) is 0 Å². The van der Waals surface area contributed by atoms with E-state index in [1.807, 2.05) is 45.9 Å². The first-order valence-electron chi connectivity index (χ1n) is 7.93. The van der Waals surface area contributed by atoms with Crippen molar-refractivity contribution in [3.05, 3.63) is 30.2 Å². The third-order valence-electron chi connectivity index (χ3n) is 4.23. The fourth-order valence-corrected chi connectivity index (χ4v) is 3.33. The molecule has 3 aliphatic rings. The van der Waals surface area contributed by atoms with Gasteiger partial charge in [-0.15, -0.1) is 0 Å². The van der Waals surface area contributed by atoms with E-state index in [-0.39, 0.29) is 24.4 Å². The molecule has 4 rings (SSSR count). The van der Waals surface area contributed by atoms with Gasteiger partial charge in [-0.25, -0.2) is 0 Å². The molecule has 1 aromatic heterocycles. The fraction of sp³-hybridized carbons (Fsp3) is 0.647. The van der Waals surface area contributed by atoms with Gasteiger partial charge in [-0.1, -0.05) is 0 Å². The molecule has 0 amide bonds. The van der Waals surface area contributed by atoms with E-state index >= 15 is 0 Å². The highest BCUT2D eigenvalue weighted by Crippen LogP contribution is 2.41. The van der Waals surface area contributed by atoms with Crippen molar-refractivity contribution in [2.24, 2.45) is 0 Å². The number of furan rings is 1. The molecule has 2 fully saturated rings. The lowest BCUT2D eigenvalue weighted by atomic mass is 9.99. The van der Waals surface area contributed by atoms with Crippen LogP contribution in [0.1, 0.15) is 33.5 Å². The predicted molar refractivity (Wildman–Crippen MR) is 80.3 cm³/mol. The Bertz CT molecular complexity index is 603. The maximum absolute atomic E-state index is 6.17. The molecule has 4 atom stereocenters. The van der Waals surface area contributed by atoms with E-state index in [9.17, 15) is 0 Å². The van der Waals surface area contributed by atoms with Gasteiger partial charge in [0.25, 0.3) is 0 Å². The minimum absolute atomic E-state index is 0.212. The van der Waals surface area contributed by atoms with Gasteiger partial charge in [0.05, 0.1) is 12.9 Å². The summed E-state index contributed by atoms with van der Waals surface area (Å²) in [5, 5.41) is 0. The fourth-order valence-electron chi connectivity index (χ4n) is 3.33. The minimum atomic E-state index is -0.666. The van der Waals surface area contributed by atoms with Crippen molar-refractivity contribution in [2.75, 3.05) is 6.61 Å². The largest absolute Gasteiger partial charge is 0.481 e. The Hall–Kier alpha value is -1.34. The Morgan fingerprint density at radius 2 is 1.83 bits per heavy atom. The lowest BCUT2D eigenvalue weighted by Gasteiger charge is -2.34. The summed E-state index contributed by atoms with van der Waals surface area (Å²) < 4.78 is 35.4. The number of rotatable bonds is 2. The standard InChI is InChI=1S/C17H22O6/c1-16(2)19-9-13(22-16)14-15-12(21-17(3,4)23-15)8-11(20-14)10-6-5-7-18-10/h5-8,12-15H,9H2,1-4H3/t12-,13-,14-,15-/m1/s1.